The minimum absolute atomic E-state index is 0.0844. The van der Waals surface area contributed by atoms with Crippen LogP contribution in [0.25, 0.3) is 0 Å². The predicted molar refractivity (Wildman–Crippen MR) is 86.8 cm³/mol. The van der Waals surface area contributed by atoms with Crippen LogP contribution in [0.4, 0.5) is 0 Å². The van der Waals surface area contributed by atoms with Crippen molar-refractivity contribution >= 4 is 0 Å². The van der Waals surface area contributed by atoms with Crippen molar-refractivity contribution in [3.63, 3.8) is 0 Å². The van der Waals surface area contributed by atoms with Crippen LogP contribution in [0.2, 0.25) is 0 Å². The van der Waals surface area contributed by atoms with Crippen LogP contribution in [0.3, 0.4) is 0 Å². The van der Waals surface area contributed by atoms with Crippen molar-refractivity contribution in [1.82, 2.24) is 5.32 Å². The van der Waals surface area contributed by atoms with Crippen molar-refractivity contribution in [3.8, 4) is 11.5 Å². The number of rotatable bonds is 5. The van der Waals surface area contributed by atoms with Gasteiger partial charge in [0.05, 0.1) is 12.2 Å². The van der Waals surface area contributed by atoms with Crippen molar-refractivity contribution in [1.29, 1.82) is 0 Å². The number of phenolic OH excluding ortho intramolecular Hbond substituents is 1. The van der Waals surface area contributed by atoms with E-state index in [-0.39, 0.29) is 30.7 Å². The lowest BCUT2D eigenvalue weighted by molar-refractivity contribution is 0.0127. The van der Waals surface area contributed by atoms with Crippen molar-refractivity contribution in [2.24, 2.45) is 0 Å². The Kier molecular flexibility index (Phi) is 5.52. The number of phenols is 1. The zero-order valence-electron chi connectivity index (χ0n) is 13.9. The summed E-state index contributed by atoms with van der Waals surface area (Å²) in [6.07, 6.45) is -2.02. The van der Waals surface area contributed by atoms with Gasteiger partial charge in [0.1, 0.15) is 24.2 Å². The van der Waals surface area contributed by atoms with Crippen LogP contribution >= 0.6 is 0 Å². The molecule has 2 rings (SSSR count). The first-order valence-electron chi connectivity index (χ1n) is 7.93. The fourth-order valence-electron chi connectivity index (χ4n) is 2.61. The van der Waals surface area contributed by atoms with Crippen LogP contribution in [-0.2, 0) is 12.8 Å². The van der Waals surface area contributed by atoms with E-state index in [0.717, 1.165) is 0 Å². The molecule has 0 radical (unpaired) electrons. The summed E-state index contributed by atoms with van der Waals surface area (Å²) >= 11 is 0. The number of hydrogen-bond donors (Lipinski definition) is 5. The molecule has 0 fully saturated rings. The molecular formula is C17H27NO5. The summed E-state index contributed by atoms with van der Waals surface area (Å²) in [6.45, 7) is 6.57. The normalized spacial score (nSPS) is 22.5. The van der Waals surface area contributed by atoms with E-state index < -0.39 is 18.3 Å². The average molecular weight is 325 g/mol. The maximum absolute atomic E-state index is 10.0. The molecule has 1 aromatic carbocycles. The highest BCUT2D eigenvalue weighted by Gasteiger charge is 2.29. The lowest BCUT2D eigenvalue weighted by Crippen LogP contribution is -2.42. The molecule has 130 valence electrons. The highest BCUT2D eigenvalue weighted by Crippen LogP contribution is 2.35. The molecule has 23 heavy (non-hydrogen) atoms. The fourth-order valence-corrected chi connectivity index (χ4v) is 2.61. The Hall–Kier alpha value is -1.34. The van der Waals surface area contributed by atoms with Gasteiger partial charge in [0.2, 0.25) is 0 Å². The highest BCUT2D eigenvalue weighted by molar-refractivity contribution is 5.50. The Morgan fingerprint density at radius 2 is 1.78 bits per heavy atom. The van der Waals surface area contributed by atoms with Gasteiger partial charge in [-0.1, -0.05) is 0 Å². The number of aliphatic hydroxyl groups is 3. The SMILES string of the molecule is CC(C)(C)NCC(O)COc1ccc(O)c2c1C[C@H](O)[C@@H](O)C2. The van der Waals surface area contributed by atoms with E-state index in [1.54, 1.807) is 6.07 Å². The van der Waals surface area contributed by atoms with E-state index in [1.807, 2.05) is 20.8 Å². The Morgan fingerprint density at radius 1 is 1.17 bits per heavy atom. The zero-order chi connectivity index (χ0) is 17.2. The molecule has 1 aromatic rings. The summed E-state index contributed by atoms with van der Waals surface area (Å²) in [6, 6.07) is 3.14. The molecule has 1 unspecified atom stereocenters. The first kappa shape index (κ1) is 18.0. The van der Waals surface area contributed by atoms with Crippen molar-refractivity contribution in [2.45, 2.75) is 57.5 Å². The van der Waals surface area contributed by atoms with Crippen LogP contribution in [0.5, 0.6) is 11.5 Å². The lowest BCUT2D eigenvalue weighted by Gasteiger charge is -2.28. The van der Waals surface area contributed by atoms with Gasteiger partial charge >= 0.3 is 0 Å². The summed E-state index contributed by atoms with van der Waals surface area (Å²) in [5.41, 5.74) is 1.21. The summed E-state index contributed by atoms with van der Waals surface area (Å²) in [7, 11) is 0. The minimum Gasteiger partial charge on any atom is -0.508 e. The molecule has 6 heteroatoms. The molecule has 0 saturated heterocycles. The topological polar surface area (TPSA) is 102 Å². The third-order valence-corrected chi connectivity index (χ3v) is 3.93. The average Bonchev–Trinajstić information content (AvgIpc) is 2.46. The number of β-amino-alcohol motifs (C(OH)–C–C–N with tert-alkyl or cyclic N) is 1. The molecule has 1 aliphatic carbocycles. The Morgan fingerprint density at radius 3 is 2.39 bits per heavy atom. The summed E-state index contributed by atoms with van der Waals surface area (Å²) < 4.78 is 5.68. The van der Waals surface area contributed by atoms with Gasteiger partial charge in [-0.3, -0.25) is 0 Å². The van der Waals surface area contributed by atoms with Gasteiger partial charge in [-0.25, -0.2) is 0 Å². The first-order chi connectivity index (χ1) is 10.7. The molecule has 0 heterocycles. The van der Waals surface area contributed by atoms with Crippen molar-refractivity contribution < 1.29 is 25.2 Å². The Labute approximate surface area is 136 Å². The number of hydrogen-bond acceptors (Lipinski definition) is 6. The maximum atomic E-state index is 10.0. The largest absolute Gasteiger partial charge is 0.508 e. The van der Waals surface area contributed by atoms with Crippen LogP contribution in [0.1, 0.15) is 31.9 Å². The number of aliphatic hydroxyl groups excluding tert-OH is 3. The fraction of sp³-hybridized carbons (Fsp3) is 0.647. The monoisotopic (exact) mass is 325 g/mol. The van der Waals surface area contributed by atoms with Crippen molar-refractivity contribution in [2.75, 3.05) is 13.2 Å². The molecule has 0 aromatic heterocycles. The van der Waals surface area contributed by atoms with Crippen LogP contribution in [0, 0.1) is 0 Å². The van der Waals surface area contributed by atoms with E-state index in [9.17, 15) is 20.4 Å². The summed E-state index contributed by atoms with van der Waals surface area (Å²) in [5, 5.41) is 42.7. The van der Waals surface area contributed by atoms with Crippen molar-refractivity contribution in [3.05, 3.63) is 23.3 Å². The maximum Gasteiger partial charge on any atom is 0.123 e. The molecule has 6 nitrogen and oxygen atoms in total. The number of nitrogens with one attached hydrogen (secondary N) is 1. The zero-order valence-corrected chi connectivity index (χ0v) is 13.9. The third kappa shape index (κ3) is 4.81. The van der Waals surface area contributed by atoms with E-state index >= 15 is 0 Å². The number of aromatic hydroxyl groups is 1. The van der Waals surface area contributed by atoms with Crippen LogP contribution in [0.15, 0.2) is 12.1 Å². The second kappa shape index (κ2) is 7.05. The summed E-state index contributed by atoms with van der Waals surface area (Å²) in [4.78, 5) is 0. The molecule has 0 aliphatic heterocycles. The molecule has 5 N–H and O–H groups in total. The van der Waals surface area contributed by atoms with E-state index in [1.165, 1.54) is 6.07 Å². The quantitative estimate of drug-likeness (QED) is 0.535. The molecule has 0 saturated carbocycles. The number of fused-ring (bicyclic) bond motifs is 1. The van der Waals surface area contributed by atoms with Gasteiger partial charge < -0.3 is 30.5 Å². The smallest absolute Gasteiger partial charge is 0.123 e. The van der Waals surface area contributed by atoms with Gasteiger partial charge in [-0.2, -0.15) is 0 Å². The Balaban J connectivity index is 2.03. The van der Waals surface area contributed by atoms with E-state index in [2.05, 4.69) is 5.32 Å². The minimum atomic E-state index is -0.884. The van der Waals surface area contributed by atoms with Gasteiger partial charge in [0, 0.05) is 36.1 Å². The number of benzene rings is 1. The van der Waals surface area contributed by atoms with Crippen LogP contribution in [-0.4, -0.2) is 57.4 Å². The molecule has 1 aliphatic rings. The Bertz CT molecular complexity index is 541. The van der Waals surface area contributed by atoms with Gasteiger partial charge in [0.25, 0.3) is 0 Å². The first-order valence-corrected chi connectivity index (χ1v) is 7.93. The van der Waals surface area contributed by atoms with E-state index in [0.29, 0.717) is 23.4 Å². The molecule has 0 amide bonds. The predicted octanol–water partition coefficient (Wildman–Crippen LogP) is 0.340. The molecule has 3 atom stereocenters. The molecular weight excluding hydrogens is 298 g/mol. The lowest BCUT2D eigenvalue weighted by atomic mass is 9.86. The van der Waals surface area contributed by atoms with Crippen LogP contribution < -0.4 is 10.1 Å². The number of ether oxygens (including phenoxy) is 1. The van der Waals surface area contributed by atoms with E-state index in [4.69, 9.17) is 4.74 Å². The second-order valence-corrected chi connectivity index (χ2v) is 7.18. The standard InChI is InChI=1S/C17H27NO5/c1-17(2,3)18-8-10(19)9-23-16-5-4-13(20)11-6-14(21)15(22)7-12(11)16/h4-5,10,14-15,18-22H,6-9H2,1-3H3/t10?,14-,15-/m0/s1. The van der Waals surface area contributed by atoms with Gasteiger partial charge in [-0.05, 0) is 32.9 Å². The van der Waals surface area contributed by atoms with Gasteiger partial charge in [0.15, 0.2) is 0 Å². The highest BCUT2D eigenvalue weighted by atomic mass is 16.5. The van der Waals surface area contributed by atoms with Gasteiger partial charge in [-0.15, -0.1) is 0 Å². The third-order valence-electron chi connectivity index (χ3n) is 3.93. The summed E-state index contributed by atoms with van der Waals surface area (Å²) in [5.74, 6) is 0.617. The second-order valence-electron chi connectivity index (χ2n) is 7.18. The molecule has 0 spiro atoms. The molecule has 0 bridgehead atoms.